The van der Waals surface area contributed by atoms with Gasteiger partial charge in [-0.1, -0.05) is 0 Å². The van der Waals surface area contributed by atoms with E-state index in [9.17, 15) is 14.0 Å². The van der Waals surface area contributed by atoms with Crippen LogP contribution in [0, 0.1) is 12.7 Å². The van der Waals surface area contributed by atoms with E-state index in [4.69, 9.17) is 5.73 Å². The zero-order chi connectivity index (χ0) is 14.7. The predicted octanol–water partition coefficient (Wildman–Crippen LogP) is 0.424. The highest BCUT2D eigenvalue weighted by Crippen LogP contribution is 2.16. The van der Waals surface area contributed by atoms with Crippen molar-refractivity contribution in [2.45, 2.75) is 19.4 Å². The Balaban J connectivity index is 2.24. The van der Waals surface area contributed by atoms with Gasteiger partial charge in [0, 0.05) is 18.2 Å². The van der Waals surface area contributed by atoms with Gasteiger partial charge in [-0.25, -0.2) is 4.39 Å². The summed E-state index contributed by atoms with van der Waals surface area (Å²) in [5.41, 5.74) is 5.99. The molecule has 1 aliphatic heterocycles. The summed E-state index contributed by atoms with van der Waals surface area (Å²) in [6.07, 6.45) is 0.777. The topological polar surface area (TPSA) is 75.4 Å². The van der Waals surface area contributed by atoms with E-state index < -0.39 is 5.91 Å². The van der Waals surface area contributed by atoms with Gasteiger partial charge in [-0.2, -0.15) is 0 Å². The van der Waals surface area contributed by atoms with Crippen molar-refractivity contribution in [3.63, 3.8) is 0 Å². The largest absolute Gasteiger partial charge is 0.368 e. The highest BCUT2D eigenvalue weighted by molar-refractivity contribution is 5.96. The molecule has 0 aliphatic carbocycles. The van der Waals surface area contributed by atoms with Crippen molar-refractivity contribution in [3.8, 4) is 0 Å². The molecule has 2 rings (SSSR count). The Morgan fingerprint density at radius 1 is 1.50 bits per heavy atom. The van der Waals surface area contributed by atoms with Crippen LogP contribution in [0.1, 0.15) is 22.3 Å². The Hall–Kier alpha value is -1.95. The van der Waals surface area contributed by atoms with Crippen molar-refractivity contribution in [1.82, 2.24) is 10.2 Å². The molecule has 1 aliphatic rings. The van der Waals surface area contributed by atoms with Gasteiger partial charge in [0.25, 0.3) is 5.91 Å². The monoisotopic (exact) mass is 279 g/mol. The average molecular weight is 279 g/mol. The summed E-state index contributed by atoms with van der Waals surface area (Å²) in [6, 6.07) is 4.13. The minimum absolute atomic E-state index is 0.0552. The van der Waals surface area contributed by atoms with Gasteiger partial charge < -0.3 is 16.0 Å². The fourth-order valence-corrected chi connectivity index (χ4v) is 2.38. The molecular weight excluding hydrogens is 261 g/mol. The molecule has 5 nitrogen and oxygen atoms in total. The molecule has 0 bridgehead atoms. The van der Waals surface area contributed by atoms with E-state index in [-0.39, 0.29) is 24.3 Å². The van der Waals surface area contributed by atoms with Crippen molar-refractivity contribution in [1.29, 1.82) is 0 Å². The maximum Gasteiger partial charge on any atom is 0.254 e. The number of aryl methyl sites for hydroxylation is 1. The number of nitrogens with two attached hydrogens (primary N) is 1. The molecule has 1 saturated heterocycles. The molecule has 1 aromatic rings. The molecule has 3 N–H and O–H groups in total. The zero-order valence-corrected chi connectivity index (χ0v) is 11.4. The number of amides is 2. The van der Waals surface area contributed by atoms with E-state index in [1.165, 1.54) is 23.1 Å². The number of carbonyl (C=O) groups excluding carboxylic acids is 2. The molecule has 2 amide bonds. The molecule has 1 aromatic carbocycles. The first kappa shape index (κ1) is 14.5. The first-order chi connectivity index (χ1) is 9.49. The van der Waals surface area contributed by atoms with Crippen LogP contribution in [0.3, 0.4) is 0 Å². The molecule has 1 unspecified atom stereocenters. The maximum absolute atomic E-state index is 13.3. The minimum atomic E-state index is -0.552. The number of halogens is 1. The van der Waals surface area contributed by atoms with E-state index in [2.05, 4.69) is 5.32 Å². The summed E-state index contributed by atoms with van der Waals surface area (Å²) in [5, 5.41) is 3.15. The van der Waals surface area contributed by atoms with Gasteiger partial charge in [-0.3, -0.25) is 9.59 Å². The first-order valence-electron chi connectivity index (χ1n) is 6.55. The average Bonchev–Trinajstić information content (AvgIpc) is 2.92. The van der Waals surface area contributed by atoms with Crippen LogP contribution in [0.5, 0.6) is 0 Å². The van der Waals surface area contributed by atoms with Crippen LogP contribution in [0.15, 0.2) is 18.2 Å². The normalized spacial score (nSPS) is 18.0. The standard InChI is InChI=1S/C14H18FN3O2/c1-9-6-10(2-3-12(9)15)14(20)18(8-13(16)19)11-4-5-17-7-11/h2-3,6,11,17H,4-5,7-8H2,1H3,(H2,16,19). The van der Waals surface area contributed by atoms with E-state index >= 15 is 0 Å². The number of primary amides is 1. The number of hydrogen-bond acceptors (Lipinski definition) is 3. The van der Waals surface area contributed by atoms with Gasteiger partial charge in [0.1, 0.15) is 5.82 Å². The number of benzene rings is 1. The number of nitrogens with one attached hydrogen (secondary N) is 1. The van der Waals surface area contributed by atoms with Crippen molar-refractivity contribution in [2.24, 2.45) is 5.73 Å². The van der Waals surface area contributed by atoms with Crippen LogP contribution < -0.4 is 11.1 Å². The van der Waals surface area contributed by atoms with E-state index in [0.717, 1.165) is 13.0 Å². The molecule has 20 heavy (non-hydrogen) atoms. The lowest BCUT2D eigenvalue weighted by Crippen LogP contribution is -2.46. The summed E-state index contributed by atoms with van der Waals surface area (Å²) < 4.78 is 13.3. The van der Waals surface area contributed by atoms with Gasteiger partial charge >= 0.3 is 0 Å². The van der Waals surface area contributed by atoms with Crippen molar-refractivity contribution >= 4 is 11.8 Å². The third-order valence-electron chi connectivity index (χ3n) is 3.47. The predicted molar refractivity (Wildman–Crippen MR) is 72.6 cm³/mol. The molecule has 108 valence electrons. The van der Waals surface area contributed by atoms with Crippen LogP contribution in [0.2, 0.25) is 0 Å². The van der Waals surface area contributed by atoms with Crippen molar-refractivity contribution < 1.29 is 14.0 Å². The Kier molecular flexibility index (Phi) is 4.34. The second kappa shape index (κ2) is 6.00. The maximum atomic E-state index is 13.3. The molecule has 6 heteroatoms. The lowest BCUT2D eigenvalue weighted by atomic mass is 10.1. The lowest BCUT2D eigenvalue weighted by Gasteiger charge is -2.27. The fourth-order valence-electron chi connectivity index (χ4n) is 2.38. The van der Waals surface area contributed by atoms with Crippen molar-refractivity contribution in [2.75, 3.05) is 19.6 Å². The fraction of sp³-hybridized carbons (Fsp3) is 0.429. The van der Waals surface area contributed by atoms with Gasteiger partial charge in [0.2, 0.25) is 5.91 Å². The Labute approximate surface area is 116 Å². The summed E-state index contributed by atoms with van der Waals surface area (Å²) in [7, 11) is 0. The number of hydrogen-bond donors (Lipinski definition) is 2. The third-order valence-corrected chi connectivity index (χ3v) is 3.47. The molecule has 0 saturated carbocycles. The van der Waals surface area contributed by atoms with Crippen LogP contribution in [0.4, 0.5) is 4.39 Å². The second-order valence-corrected chi connectivity index (χ2v) is 5.01. The van der Waals surface area contributed by atoms with Gasteiger partial charge in [0.05, 0.1) is 6.54 Å². The van der Waals surface area contributed by atoms with Gasteiger partial charge in [-0.05, 0) is 43.7 Å². The Morgan fingerprint density at radius 3 is 2.80 bits per heavy atom. The SMILES string of the molecule is Cc1cc(C(=O)N(CC(N)=O)C2CCNC2)ccc1F. The quantitative estimate of drug-likeness (QED) is 0.839. The van der Waals surface area contributed by atoms with Gasteiger partial charge in [-0.15, -0.1) is 0 Å². The smallest absolute Gasteiger partial charge is 0.254 e. The van der Waals surface area contributed by atoms with E-state index in [1.807, 2.05) is 0 Å². The van der Waals surface area contributed by atoms with Crippen LogP contribution >= 0.6 is 0 Å². The Morgan fingerprint density at radius 2 is 2.25 bits per heavy atom. The summed E-state index contributed by atoms with van der Waals surface area (Å²) >= 11 is 0. The van der Waals surface area contributed by atoms with Crippen LogP contribution in [0.25, 0.3) is 0 Å². The lowest BCUT2D eigenvalue weighted by molar-refractivity contribution is -0.119. The van der Waals surface area contributed by atoms with E-state index in [1.54, 1.807) is 6.92 Å². The molecule has 1 heterocycles. The minimum Gasteiger partial charge on any atom is -0.368 e. The first-order valence-corrected chi connectivity index (χ1v) is 6.55. The summed E-state index contributed by atoms with van der Waals surface area (Å²) in [4.78, 5) is 25.1. The summed E-state index contributed by atoms with van der Waals surface area (Å²) in [5.74, 6) is -1.20. The molecule has 0 spiro atoms. The van der Waals surface area contributed by atoms with Crippen LogP contribution in [-0.4, -0.2) is 42.4 Å². The number of nitrogens with zero attached hydrogens (tertiary/aromatic N) is 1. The number of rotatable bonds is 4. The molecule has 1 atom stereocenters. The Bertz CT molecular complexity index is 527. The third kappa shape index (κ3) is 3.14. The van der Waals surface area contributed by atoms with Crippen molar-refractivity contribution in [3.05, 3.63) is 35.1 Å². The van der Waals surface area contributed by atoms with Crippen LogP contribution in [-0.2, 0) is 4.79 Å². The van der Waals surface area contributed by atoms with E-state index in [0.29, 0.717) is 17.7 Å². The molecule has 0 radical (unpaired) electrons. The highest BCUT2D eigenvalue weighted by Gasteiger charge is 2.28. The summed E-state index contributed by atoms with van der Waals surface area (Å²) in [6.45, 7) is 2.91. The molecular formula is C14H18FN3O2. The zero-order valence-electron chi connectivity index (χ0n) is 11.4. The molecule has 1 fully saturated rings. The highest BCUT2D eigenvalue weighted by atomic mass is 19.1. The molecule has 0 aromatic heterocycles. The number of carbonyl (C=O) groups is 2. The second-order valence-electron chi connectivity index (χ2n) is 5.01. The van der Waals surface area contributed by atoms with Gasteiger partial charge in [0.15, 0.2) is 0 Å².